The molecule has 0 N–H and O–H groups in total. The van der Waals surface area contributed by atoms with Gasteiger partial charge in [-0.2, -0.15) is 0 Å². The third-order valence-corrected chi connectivity index (χ3v) is 4.72. The topological polar surface area (TPSA) is 17.1 Å². The van der Waals surface area contributed by atoms with Gasteiger partial charge in [-0.1, -0.05) is 23.6 Å². The molecule has 0 amide bonds. The molecular weight excluding hydrogens is 196 g/mol. The summed E-state index contributed by atoms with van der Waals surface area (Å²) in [6.07, 6.45) is 6.30. The molecule has 1 nitrogen and oxygen atoms in total. The molecule has 2 aliphatic rings. The molecule has 0 heterocycles. The van der Waals surface area contributed by atoms with E-state index >= 15 is 0 Å². The predicted molar refractivity (Wildman–Crippen MR) is 67.2 cm³/mol. The van der Waals surface area contributed by atoms with Crippen LogP contribution < -0.4 is 0 Å². The van der Waals surface area contributed by atoms with Crippen LogP contribution in [0.1, 0.15) is 53.4 Å². The van der Waals surface area contributed by atoms with E-state index in [1.165, 1.54) is 30.4 Å². The number of ketones is 1. The van der Waals surface area contributed by atoms with E-state index in [-0.39, 0.29) is 0 Å². The van der Waals surface area contributed by atoms with E-state index in [9.17, 15) is 4.79 Å². The van der Waals surface area contributed by atoms with Gasteiger partial charge in [0.25, 0.3) is 0 Å². The number of carbonyl (C=O) groups is 1. The Balaban J connectivity index is 2.37. The van der Waals surface area contributed by atoms with Crippen molar-refractivity contribution in [1.82, 2.24) is 0 Å². The smallest absolute Gasteiger partial charge is 0.155 e. The molecule has 2 atom stereocenters. The fourth-order valence-electron chi connectivity index (χ4n) is 3.45. The van der Waals surface area contributed by atoms with Gasteiger partial charge < -0.3 is 0 Å². The van der Waals surface area contributed by atoms with Gasteiger partial charge in [0.1, 0.15) is 0 Å². The van der Waals surface area contributed by atoms with Gasteiger partial charge in [0.2, 0.25) is 0 Å². The zero-order chi connectivity index (χ0) is 11.9. The highest BCUT2D eigenvalue weighted by Crippen LogP contribution is 2.55. The number of allylic oxidation sites excluding steroid dienone is 4. The summed E-state index contributed by atoms with van der Waals surface area (Å²) in [6.45, 7) is 8.84. The lowest BCUT2D eigenvalue weighted by Gasteiger charge is -2.39. The third-order valence-electron chi connectivity index (χ3n) is 4.72. The second-order valence-electron chi connectivity index (χ2n) is 5.84. The van der Waals surface area contributed by atoms with Gasteiger partial charge in [0.15, 0.2) is 5.78 Å². The van der Waals surface area contributed by atoms with Crippen LogP contribution in [-0.2, 0) is 4.79 Å². The van der Waals surface area contributed by atoms with Crippen molar-refractivity contribution in [3.63, 3.8) is 0 Å². The van der Waals surface area contributed by atoms with Crippen LogP contribution in [0.4, 0.5) is 0 Å². The van der Waals surface area contributed by atoms with Crippen molar-refractivity contribution < 1.29 is 4.79 Å². The van der Waals surface area contributed by atoms with Crippen LogP contribution in [0.15, 0.2) is 22.8 Å². The summed E-state index contributed by atoms with van der Waals surface area (Å²) in [4.78, 5) is 11.6. The van der Waals surface area contributed by atoms with Gasteiger partial charge in [0.05, 0.1) is 0 Å². The Hall–Kier alpha value is -0.850. The van der Waals surface area contributed by atoms with Gasteiger partial charge in [-0.25, -0.2) is 0 Å². The summed E-state index contributed by atoms with van der Waals surface area (Å²) >= 11 is 0. The van der Waals surface area contributed by atoms with E-state index in [1.54, 1.807) is 5.57 Å². The molecule has 0 aromatic rings. The van der Waals surface area contributed by atoms with Crippen LogP contribution in [0.25, 0.3) is 0 Å². The van der Waals surface area contributed by atoms with Crippen LogP contribution in [-0.4, -0.2) is 5.78 Å². The Morgan fingerprint density at radius 1 is 1.44 bits per heavy atom. The third kappa shape index (κ3) is 1.66. The highest BCUT2D eigenvalue weighted by atomic mass is 16.1. The Morgan fingerprint density at radius 2 is 2.12 bits per heavy atom. The molecule has 0 saturated heterocycles. The van der Waals surface area contributed by atoms with Crippen molar-refractivity contribution in [2.45, 2.75) is 53.4 Å². The molecule has 1 heteroatoms. The summed E-state index contributed by atoms with van der Waals surface area (Å²) in [6, 6.07) is 0. The Labute approximate surface area is 98.6 Å². The minimum atomic E-state index is 0.306. The number of hydrogen-bond acceptors (Lipinski definition) is 1. The van der Waals surface area contributed by atoms with Crippen molar-refractivity contribution in [3.05, 3.63) is 22.8 Å². The molecule has 2 rings (SSSR count). The molecule has 1 fully saturated rings. The summed E-state index contributed by atoms with van der Waals surface area (Å²) in [5.41, 5.74) is 4.73. The Kier molecular flexibility index (Phi) is 2.81. The van der Waals surface area contributed by atoms with Crippen molar-refractivity contribution in [1.29, 1.82) is 0 Å². The molecule has 88 valence electrons. The first-order chi connectivity index (χ1) is 7.45. The first kappa shape index (κ1) is 11.6. The molecule has 0 aliphatic heterocycles. The Bertz CT molecular complexity index is 382. The van der Waals surface area contributed by atoms with Crippen LogP contribution >= 0.6 is 0 Å². The summed E-state index contributed by atoms with van der Waals surface area (Å²) in [7, 11) is 0. The van der Waals surface area contributed by atoms with Gasteiger partial charge in [-0.3, -0.25) is 4.79 Å². The minimum Gasteiger partial charge on any atom is -0.295 e. The van der Waals surface area contributed by atoms with E-state index in [4.69, 9.17) is 0 Å². The molecule has 0 bridgehead atoms. The van der Waals surface area contributed by atoms with Crippen molar-refractivity contribution >= 4 is 5.78 Å². The molecule has 1 saturated carbocycles. The number of rotatable bonds is 0. The SMILES string of the molecule is CC1=CC(=O)CC(C)C12CCC(=C(C)C)C2. The number of hydrogen-bond donors (Lipinski definition) is 0. The van der Waals surface area contributed by atoms with Crippen molar-refractivity contribution in [2.75, 3.05) is 0 Å². The highest BCUT2D eigenvalue weighted by Gasteiger charge is 2.45. The summed E-state index contributed by atoms with van der Waals surface area (Å²) in [5.74, 6) is 0.836. The molecule has 0 aromatic carbocycles. The van der Waals surface area contributed by atoms with Crippen LogP contribution in [0.5, 0.6) is 0 Å². The lowest BCUT2D eigenvalue weighted by Crippen LogP contribution is -2.32. The van der Waals surface area contributed by atoms with E-state index in [1.807, 2.05) is 6.08 Å². The van der Waals surface area contributed by atoms with E-state index in [0.717, 1.165) is 6.42 Å². The van der Waals surface area contributed by atoms with Crippen LogP contribution in [0, 0.1) is 11.3 Å². The van der Waals surface area contributed by atoms with Gasteiger partial charge in [-0.05, 0) is 57.4 Å². The molecule has 1 spiro atoms. The lowest BCUT2D eigenvalue weighted by atomic mass is 9.65. The predicted octanol–water partition coefficient (Wildman–Crippen LogP) is 4.05. The van der Waals surface area contributed by atoms with E-state index < -0.39 is 0 Å². The maximum Gasteiger partial charge on any atom is 0.155 e. The molecule has 2 aliphatic carbocycles. The average Bonchev–Trinajstić information content (AvgIpc) is 2.60. The van der Waals surface area contributed by atoms with Crippen molar-refractivity contribution in [3.8, 4) is 0 Å². The first-order valence-electron chi connectivity index (χ1n) is 6.32. The molecule has 16 heavy (non-hydrogen) atoms. The normalized spacial score (nSPS) is 34.5. The standard InChI is InChI=1S/C15H22O/c1-10(2)13-5-6-15(9-13)11(3)7-14(16)8-12(15)4/h7,12H,5-6,8-9H2,1-4H3. The quantitative estimate of drug-likeness (QED) is 0.561. The largest absolute Gasteiger partial charge is 0.295 e. The fourth-order valence-corrected chi connectivity index (χ4v) is 3.45. The lowest BCUT2D eigenvalue weighted by molar-refractivity contribution is -0.117. The van der Waals surface area contributed by atoms with Crippen LogP contribution in [0.2, 0.25) is 0 Å². The zero-order valence-corrected chi connectivity index (χ0v) is 10.9. The van der Waals surface area contributed by atoms with Gasteiger partial charge in [0, 0.05) is 6.42 Å². The van der Waals surface area contributed by atoms with E-state index in [0.29, 0.717) is 17.1 Å². The van der Waals surface area contributed by atoms with Crippen LogP contribution in [0.3, 0.4) is 0 Å². The monoisotopic (exact) mass is 218 g/mol. The molecule has 2 unspecified atom stereocenters. The van der Waals surface area contributed by atoms with Gasteiger partial charge >= 0.3 is 0 Å². The number of carbonyl (C=O) groups excluding carboxylic acids is 1. The fraction of sp³-hybridized carbons (Fsp3) is 0.667. The first-order valence-corrected chi connectivity index (χ1v) is 6.32. The second kappa shape index (κ2) is 3.87. The highest BCUT2D eigenvalue weighted by molar-refractivity contribution is 5.91. The summed E-state index contributed by atoms with van der Waals surface area (Å²) in [5, 5.41) is 0. The summed E-state index contributed by atoms with van der Waals surface area (Å²) < 4.78 is 0. The maximum atomic E-state index is 11.6. The molecule has 0 aromatic heterocycles. The minimum absolute atomic E-state index is 0.306. The second-order valence-corrected chi connectivity index (χ2v) is 5.84. The van der Waals surface area contributed by atoms with E-state index in [2.05, 4.69) is 27.7 Å². The molecule has 0 radical (unpaired) electrons. The molecular formula is C15H22O. The van der Waals surface area contributed by atoms with Crippen molar-refractivity contribution in [2.24, 2.45) is 11.3 Å². The Morgan fingerprint density at radius 3 is 2.62 bits per heavy atom. The zero-order valence-electron chi connectivity index (χ0n) is 10.9. The van der Waals surface area contributed by atoms with Gasteiger partial charge in [-0.15, -0.1) is 0 Å². The average molecular weight is 218 g/mol. The maximum absolute atomic E-state index is 11.6.